The minimum Gasteiger partial charge on any atom is -0.294 e. The zero-order chi connectivity index (χ0) is 13.9. The van der Waals surface area contributed by atoms with Gasteiger partial charge in [0, 0.05) is 17.9 Å². The van der Waals surface area contributed by atoms with Gasteiger partial charge in [-0.05, 0) is 75.3 Å². The van der Waals surface area contributed by atoms with E-state index in [-0.39, 0.29) is 5.78 Å². The van der Waals surface area contributed by atoms with Crippen LogP contribution in [0.25, 0.3) is 0 Å². The van der Waals surface area contributed by atoms with Crippen LogP contribution in [0.5, 0.6) is 0 Å². The molecule has 1 aromatic carbocycles. The molecule has 0 heterocycles. The van der Waals surface area contributed by atoms with Gasteiger partial charge in [0.1, 0.15) is 0 Å². The lowest BCUT2D eigenvalue weighted by Crippen LogP contribution is -2.09. The van der Waals surface area contributed by atoms with Gasteiger partial charge in [-0.1, -0.05) is 0 Å². The van der Waals surface area contributed by atoms with Gasteiger partial charge in [-0.25, -0.2) is 0 Å². The highest BCUT2D eigenvalue weighted by Gasteiger charge is 2.17. The maximum Gasteiger partial charge on any atom is 0.163 e. The number of Topliss-reactive ketones (excluding diaryl/α,β-unsaturated/α-hetero) is 1. The predicted molar refractivity (Wildman–Crippen MR) is 79.0 cm³/mol. The van der Waals surface area contributed by atoms with E-state index < -0.39 is 0 Å². The Morgan fingerprint density at radius 3 is 1.72 bits per heavy atom. The summed E-state index contributed by atoms with van der Waals surface area (Å²) < 4.78 is 0. The molecule has 0 saturated carbocycles. The van der Waals surface area contributed by atoms with E-state index in [1.54, 1.807) is 0 Å². The molecule has 0 spiro atoms. The first-order valence-electron chi connectivity index (χ1n) is 6.57. The van der Waals surface area contributed by atoms with Gasteiger partial charge in [0.2, 0.25) is 0 Å². The van der Waals surface area contributed by atoms with Gasteiger partial charge in [0.15, 0.2) is 5.78 Å². The summed E-state index contributed by atoms with van der Waals surface area (Å²) in [6.45, 7) is 10.5. The van der Waals surface area contributed by atoms with Crippen LogP contribution in [-0.2, 0) is 0 Å². The maximum absolute atomic E-state index is 12.3. The number of unbranched alkanes of at least 4 members (excludes halogenated alkanes) is 1. The van der Waals surface area contributed by atoms with Crippen LogP contribution >= 0.6 is 11.6 Å². The van der Waals surface area contributed by atoms with Crippen LogP contribution in [0.3, 0.4) is 0 Å². The van der Waals surface area contributed by atoms with Gasteiger partial charge in [-0.15, -0.1) is 11.6 Å². The van der Waals surface area contributed by atoms with Crippen molar-refractivity contribution in [3.05, 3.63) is 33.4 Å². The molecule has 0 aliphatic heterocycles. The Balaban J connectivity index is 3.13. The molecule has 2 heteroatoms. The summed E-state index contributed by atoms with van der Waals surface area (Å²) in [6.07, 6.45) is 2.40. The topological polar surface area (TPSA) is 17.1 Å². The van der Waals surface area contributed by atoms with E-state index in [1.807, 2.05) is 0 Å². The Morgan fingerprint density at radius 1 is 0.833 bits per heavy atom. The summed E-state index contributed by atoms with van der Waals surface area (Å²) in [5.41, 5.74) is 7.03. The van der Waals surface area contributed by atoms with Gasteiger partial charge in [-0.2, -0.15) is 0 Å². The summed E-state index contributed by atoms with van der Waals surface area (Å²) in [6, 6.07) is 0. The Hall–Kier alpha value is -0.820. The molecule has 1 nitrogen and oxygen atoms in total. The second-order valence-electron chi connectivity index (χ2n) is 5.07. The fourth-order valence-electron chi connectivity index (χ4n) is 2.42. The fraction of sp³-hybridized carbons (Fsp3) is 0.562. The van der Waals surface area contributed by atoms with Crippen molar-refractivity contribution in [2.75, 3.05) is 5.88 Å². The molecule has 0 bridgehead atoms. The quantitative estimate of drug-likeness (QED) is 0.424. The molecule has 18 heavy (non-hydrogen) atoms. The van der Waals surface area contributed by atoms with Crippen molar-refractivity contribution < 1.29 is 4.79 Å². The Labute approximate surface area is 116 Å². The minimum absolute atomic E-state index is 0.265. The van der Waals surface area contributed by atoms with Crippen molar-refractivity contribution in [1.29, 1.82) is 0 Å². The number of benzene rings is 1. The molecule has 0 N–H and O–H groups in total. The molecule has 100 valence electrons. The van der Waals surface area contributed by atoms with Crippen LogP contribution in [0.2, 0.25) is 0 Å². The normalized spacial score (nSPS) is 10.8. The molecule has 0 aliphatic rings. The molecule has 0 amide bonds. The predicted octanol–water partition coefficient (Wildman–Crippen LogP) is 4.82. The zero-order valence-corrected chi connectivity index (χ0v) is 12.9. The van der Waals surface area contributed by atoms with Crippen LogP contribution in [0.1, 0.15) is 57.4 Å². The van der Waals surface area contributed by atoms with E-state index in [9.17, 15) is 4.79 Å². The first-order chi connectivity index (χ1) is 8.41. The molecule has 0 saturated heterocycles. The molecular formula is C16H23ClO. The van der Waals surface area contributed by atoms with E-state index >= 15 is 0 Å². The zero-order valence-electron chi connectivity index (χ0n) is 12.1. The number of alkyl halides is 1. The van der Waals surface area contributed by atoms with Crippen molar-refractivity contribution in [3.8, 4) is 0 Å². The van der Waals surface area contributed by atoms with Crippen molar-refractivity contribution in [3.63, 3.8) is 0 Å². The average molecular weight is 267 g/mol. The average Bonchev–Trinajstić information content (AvgIpc) is 2.34. The maximum atomic E-state index is 12.3. The third-order valence-electron chi connectivity index (χ3n) is 4.07. The largest absolute Gasteiger partial charge is 0.294 e. The minimum atomic E-state index is 0.265. The number of halogens is 1. The molecule has 0 aliphatic carbocycles. The van der Waals surface area contributed by atoms with Crippen LogP contribution in [0, 0.1) is 34.6 Å². The van der Waals surface area contributed by atoms with Gasteiger partial charge >= 0.3 is 0 Å². The van der Waals surface area contributed by atoms with Gasteiger partial charge in [0.25, 0.3) is 0 Å². The summed E-state index contributed by atoms with van der Waals surface area (Å²) in [7, 11) is 0. The van der Waals surface area contributed by atoms with E-state index in [2.05, 4.69) is 34.6 Å². The molecule has 1 aromatic rings. The molecule has 0 atom stereocenters. The monoisotopic (exact) mass is 266 g/mol. The highest BCUT2D eigenvalue weighted by Crippen LogP contribution is 2.27. The fourth-order valence-corrected chi connectivity index (χ4v) is 2.61. The van der Waals surface area contributed by atoms with Crippen molar-refractivity contribution in [1.82, 2.24) is 0 Å². The number of ketones is 1. The van der Waals surface area contributed by atoms with E-state index in [0.29, 0.717) is 12.3 Å². The van der Waals surface area contributed by atoms with Gasteiger partial charge < -0.3 is 0 Å². The van der Waals surface area contributed by atoms with Crippen LogP contribution in [0.15, 0.2) is 0 Å². The summed E-state index contributed by atoms with van der Waals surface area (Å²) in [4.78, 5) is 12.3. The lowest BCUT2D eigenvalue weighted by Gasteiger charge is -2.17. The molecular weight excluding hydrogens is 244 g/mol. The second-order valence-corrected chi connectivity index (χ2v) is 5.45. The van der Waals surface area contributed by atoms with Crippen molar-refractivity contribution in [2.24, 2.45) is 0 Å². The van der Waals surface area contributed by atoms with E-state index in [1.165, 1.54) is 16.7 Å². The number of carbonyl (C=O) groups excluding carboxylic acids is 1. The summed E-state index contributed by atoms with van der Waals surface area (Å²) in [5.74, 6) is 0.901. The molecule has 1 rings (SSSR count). The first-order valence-corrected chi connectivity index (χ1v) is 7.11. The highest BCUT2D eigenvalue weighted by molar-refractivity contribution is 6.17. The molecule has 0 fully saturated rings. The lowest BCUT2D eigenvalue weighted by molar-refractivity contribution is 0.0978. The Kier molecular flexibility index (Phi) is 5.40. The third kappa shape index (κ3) is 2.95. The van der Waals surface area contributed by atoms with E-state index in [0.717, 1.165) is 29.5 Å². The number of carbonyl (C=O) groups is 1. The van der Waals surface area contributed by atoms with Crippen LogP contribution < -0.4 is 0 Å². The number of hydrogen-bond acceptors (Lipinski definition) is 1. The highest BCUT2D eigenvalue weighted by atomic mass is 35.5. The van der Waals surface area contributed by atoms with Crippen LogP contribution in [-0.4, -0.2) is 11.7 Å². The van der Waals surface area contributed by atoms with Gasteiger partial charge in [-0.3, -0.25) is 4.79 Å². The SMILES string of the molecule is Cc1c(C)c(C)c(C(=O)CCCCCl)c(C)c1C. The Morgan fingerprint density at radius 2 is 1.28 bits per heavy atom. The molecule has 0 unspecified atom stereocenters. The summed E-state index contributed by atoms with van der Waals surface area (Å²) in [5, 5.41) is 0. The van der Waals surface area contributed by atoms with Crippen molar-refractivity contribution in [2.45, 2.75) is 53.9 Å². The molecule has 0 radical (unpaired) electrons. The lowest BCUT2D eigenvalue weighted by atomic mass is 9.87. The first kappa shape index (κ1) is 15.2. The van der Waals surface area contributed by atoms with Crippen LogP contribution in [0.4, 0.5) is 0 Å². The van der Waals surface area contributed by atoms with Crippen molar-refractivity contribution >= 4 is 17.4 Å². The Bertz CT molecular complexity index is 432. The standard InChI is InChI=1S/C16H23ClO/c1-10-11(2)13(4)16(14(5)12(10)3)15(18)8-6-7-9-17/h6-9H2,1-5H3. The molecule has 0 aromatic heterocycles. The third-order valence-corrected chi connectivity index (χ3v) is 4.33. The van der Waals surface area contributed by atoms with E-state index in [4.69, 9.17) is 11.6 Å². The smallest absolute Gasteiger partial charge is 0.163 e. The number of hydrogen-bond donors (Lipinski definition) is 0. The van der Waals surface area contributed by atoms with Gasteiger partial charge in [0.05, 0.1) is 0 Å². The number of rotatable bonds is 5. The second kappa shape index (κ2) is 6.38. The summed E-state index contributed by atoms with van der Waals surface area (Å²) >= 11 is 5.65.